The largest absolute Gasteiger partial charge is 0.353 e. The molecule has 0 N–H and O–H groups in total. The molecule has 0 bridgehead atoms. The minimum Gasteiger partial charge on any atom is -0.353 e. The van der Waals surface area contributed by atoms with Gasteiger partial charge in [0.25, 0.3) is 0 Å². The lowest BCUT2D eigenvalue weighted by Crippen LogP contribution is -2.24. The SMILES string of the molecule is CCOC(CC[SiH2]c1ccc([SiH2]CCC(OCC)OCC)cc1)OCC. The van der Waals surface area contributed by atoms with Crippen molar-refractivity contribution in [1.29, 1.82) is 0 Å². The van der Waals surface area contributed by atoms with Crippen molar-refractivity contribution < 1.29 is 18.9 Å². The Balaban J connectivity index is 2.29. The Labute approximate surface area is 164 Å². The highest BCUT2D eigenvalue weighted by Gasteiger charge is 2.09. The molecule has 0 aliphatic heterocycles. The number of rotatable bonds is 16. The van der Waals surface area contributed by atoms with Crippen LogP contribution in [-0.2, 0) is 18.9 Å². The van der Waals surface area contributed by atoms with Gasteiger partial charge in [-0.2, -0.15) is 0 Å². The summed E-state index contributed by atoms with van der Waals surface area (Å²) in [6.45, 7) is 11.0. The molecule has 4 nitrogen and oxygen atoms in total. The van der Waals surface area contributed by atoms with Gasteiger partial charge < -0.3 is 18.9 Å². The Morgan fingerprint density at radius 2 is 0.923 bits per heavy atom. The van der Waals surface area contributed by atoms with Crippen LogP contribution >= 0.6 is 0 Å². The number of hydrogen-bond donors (Lipinski definition) is 0. The van der Waals surface area contributed by atoms with Crippen molar-refractivity contribution in [2.75, 3.05) is 26.4 Å². The molecule has 0 spiro atoms. The molecule has 0 amide bonds. The Bertz CT molecular complexity index is 389. The summed E-state index contributed by atoms with van der Waals surface area (Å²) < 4.78 is 22.5. The molecule has 0 aliphatic carbocycles. The zero-order valence-corrected chi connectivity index (χ0v) is 20.0. The molecule has 0 heterocycles. The van der Waals surface area contributed by atoms with Crippen molar-refractivity contribution in [2.24, 2.45) is 0 Å². The molecule has 150 valence electrons. The number of benzene rings is 1. The zero-order valence-electron chi connectivity index (χ0n) is 17.2. The summed E-state index contributed by atoms with van der Waals surface area (Å²) in [5.74, 6) is 0. The van der Waals surface area contributed by atoms with Crippen LogP contribution in [0, 0.1) is 0 Å². The quantitative estimate of drug-likeness (QED) is 0.314. The third-order valence-electron chi connectivity index (χ3n) is 4.24. The zero-order chi connectivity index (χ0) is 19.0. The van der Waals surface area contributed by atoms with Crippen LogP contribution in [0.25, 0.3) is 0 Å². The molecule has 0 saturated heterocycles. The Hall–Kier alpha value is -0.506. The van der Waals surface area contributed by atoms with Gasteiger partial charge in [0.05, 0.1) is 19.0 Å². The maximum Gasteiger partial charge on any atom is 0.157 e. The van der Waals surface area contributed by atoms with E-state index in [0.29, 0.717) is 0 Å². The lowest BCUT2D eigenvalue weighted by atomic mass is 10.4. The first kappa shape index (κ1) is 23.5. The molecule has 0 aliphatic rings. The Morgan fingerprint density at radius 3 is 1.19 bits per heavy atom. The predicted molar refractivity (Wildman–Crippen MR) is 116 cm³/mol. The first-order chi connectivity index (χ1) is 12.7. The van der Waals surface area contributed by atoms with E-state index in [2.05, 4.69) is 24.3 Å². The second-order valence-electron chi connectivity index (χ2n) is 6.28. The van der Waals surface area contributed by atoms with Crippen LogP contribution in [0.2, 0.25) is 12.1 Å². The summed E-state index contributed by atoms with van der Waals surface area (Å²) in [6, 6.07) is 11.8. The average Bonchev–Trinajstić information content (AvgIpc) is 2.64. The van der Waals surface area contributed by atoms with Crippen molar-refractivity contribution >= 4 is 29.4 Å². The molecule has 0 radical (unpaired) electrons. The van der Waals surface area contributed by atoms with Crippen LogP contribution in [0.15, 0.2) is 24.3 Å². The topological polar surface area (TPSA) is 36.9 Å². The average molecular weight is 399 g/mol. The van der Waals surface area contributed by atoms with E-state index in [9.17, 15) is 0 Å². The molecular formula is C20H38O4Si2. The maximum absolute atomic E-state index is 5.62. The smallest absolute Gasteiger partial charge is 0.157 e. The first-order valence-corrected chi connectivity index (χ1v) is 13.7. The van der Waals surface area contributed by atoms with Gasteiger partial charge in [-0.3, -0.25) is 0 Å². The molecule has 26 heavy (non-hydrogen) atoms. The summed E-state index contributed by atoms with van der Waals surface area (Å²) in [4.78, 5) is 0. The van der Waals surface area contributed by atoms with Gasteiger partial charge in [-0.1, -0.05) is 46.7 Å². The summed E-state index contributed by atoms with van der Waals surface area (Å²) in [7, 11) is -0.469. The van der Waals surface area contributed by atoms with Gasteiger partial charge >= 0.3 is 0 Å². The van der Waals surface area contributed by atoms with Gasteiger partial charge in [0.1, 0.15) is 0 Å². The van der Waals surface area contributed by atoms with Crippen LogP contribution in [-0.4, -0.2) is 58.0 Å². The Kier molecular flexibility index (Phi) is 14.1. The molecule has 0 saturated carbocycles. The maximum atomic E-state index is 5.62. The molecular weight excluding hydrogens is 360 g/mol. The summed E-state index contributed by atoms with van der Waals surface area (Å²) >= 11 is 0. The molecule has 0 unspecified atom stereocenters. The molecule has 0 atom stereocenters. The van der Waals surface area contributed by atoms with E-state index in [1.165, 1.54) is 22.5 Å². The van der Waals surface area contributed by atoms with Gasteiger partial charge in [0.15, 0.2) is 12.6 Å². The monoisotopic (exact) mass is 398 g/mol. The number of hydrogen-bond acceptors (Lipinski definition) is 4. The second-order valence-corrected chi connectivity index (χ2v) is 10.3. The second kappa shape index (κ2) is 15.5. The van der Waals surface area contributed by atoms with Crippen molar-refractivity contribution in [3.8, 4) is 0 Å². The minimum absolute atomic E-state index is 0.0206. The fourth-order valence-electron chi connectivity index (χ4n) is 2.99. The highest BCUT2D eigenvalue weighted by atomic mass is 28.2. The van der Waals surface area contributed by atoms with Crippen molar-refractivity contribution in [1.82, 2.24) is 0 Å². The van der Waals surface area contributed by atoms with Gasteiger partial charge in [-0.15, -0.1) is 0 Å². The van der Waals surface area contributed by atoms with E-state index in [-0.39, 0.29) is 31.6 Å². The summed E-state index contributed by atoms with van der Waals surface area (Å²) in [5, 5.41) is 3.08. The van der Waals surface area contributed by atoms with Crippen molar-refractivity contribution in [2.45, 2.75) is 65.2 Å². The van der Waals surface area contributed by atoms with Crippen LogP contribution in [0.4, 0.5) is 0 Å². The highest BCUT2D eigenvalue weighted by Crippen LogP contribution is 2.06. The molecule has 6 heteroatoms. The van der Waals surface area contributed by atoms with E-state index < -0.39 is 0 Å². The molecule has 0 aromatic heterocycles. The summed E-state index contributed by atoms with van der Waals surface area (Å²) in [5.41, 5.74) is 0. The van der Waals surface area contributed by atoms with Crippen LogP contribution in [0.3, 0.4) is 0 Å². The van der Waals surface area contributed by atoms with E-state index >= 15 is 0 Å². The van der Waals surface area contributed by atoms with E-state index in [1.807, 2.05) is 27.7 Å². The van der Waals surface area contributed by atoms with Crippen LogP contribution in [0.1, 0.15) is 40.5 Å². The number of ether oxygens (including phenoxy) is 4. The standard InChI is InChI=1S/C20H38O4Si2/c1-5-21-19(22-6-2)13-15-25-17-9-11-18(12-10-17)26-16-14-20(23-7-3)24-8-4/h9-12,19-20H,5-8,13-16,25-26H2,1-4H3. The molecule has 1 aromatic carbocycles. The lowest BCUT2D eigenvalue weighted by molar-refractivity contribution is -0.137. The van der Waals surface area contributed by atoms with Crippen LogP contribution < -0.4 is 10.4 Å². The fourth-order valence-corrected chi connectivity index (χ4v) is 6.02. The fraction of sp³-hybridized carbons (Fsp3) is 0.700. The van der Waals surface area contributed by atoms with E-state index in [1.54, 1.807) is 0 Å². The van der Waals surface area contributed by atoms with Gasteiger partial charge in [-0.05, 0) is 40.5 Å². The lowest BCUT2D eigenvalue weighted by Gasteiger charge is -2.17. The van der Waals surface area contributed by atoms with Gasteiger partial charge in [0.2, 0.25) is 0 Å². The predicted octanol–water partition coefficient (Wildman–Crippen LogP) is 1.69. The van der Waals surface area contributed by atoms with Gasteiger partial charge in [0, 0.05) is 26.4 Å². The highest BCUT2D eigenvalue weighted by molar-refractivity contribution is 6.55. The summed E-state index contributed by atoms with van der Waals surface area (Å²) in [6.07, 6.45) is 1.99. The van der Waals surface area contributed by atoms with Crippen LogP contribution in [0.5, 0.6) is 0 Å². The van der Waals surface area contributed by atoms with Crippen molar-refractivity contribution in [3.63, 3.8) is 0 Å². The van der Waals surface area contributed by atoms with E-state index in [4.69, 9.17) is 18.9 Å². The Morgan fingerprint density at radius 1 is 0.615 bits per heavy atom. The molecule has 1 rings (SSSR count). The first-order valence-electron chi connectivity index (χ1n) is 10.3. The minimum atomic E-state index is -0.235. The third-order valence-corrected chi connectivity index (χ3v) is 7.86. The third kappa shape index (κ3) is 10.6. The molecule has 0 fully saturated rings. The van der Waals surface area contributed by atoms with Gasteiger partial charge in [-0.25, -0.2) is 0 Å². The van der Waals surface area contributed by atoms with Crippen molar-refractivity contribution in [3.05, 3.63) is 24.3 Å². The van der Waals surface area contributed by atoms with E-state index in [0.717, 1.165) is 39.3 Å². The normalized spacial score (nSPS) is 12.5. The molecule has 1 aromatic rings.